The highest BCUT2D eigenvalue weighted by molar-refractivity contribution is 8.01. The molecule has 2 heterocycles. The van der Waals surface area contributed by atoms with E-state index in [0.717, 1.165) is 25.2 Å². The average molecular weight is 495 g/mol. The second-order valence-electron chi connectivity index (χ2n) is 9.58. The highest BCUT2D eigenvalue weighted by Gasteiger charge is 2.42. The van der Waals surface area contributed by atoms with Crippen molar-refractivity contribution in [2.45, 2.75) is 80.7 Å². The summed E-state index contributed by atoms with van der Waals surface area (Å²) in [6.07, 6.45) is 15.4. The van der Waals surface area contributed by atoms with Gasteiger partial charge in [-0.25, -0.2) is 14.6 Å². The number of carbonyl (C=O) groups is 2. The maximum absolute atomic E-state index is 12.2. The molecule has 2 atom stereocenters. The number of rotatable bonds is 11. The van der Waals surface area contributed by atoms with E-state index in [1.165, 1.54) is 73.4 Å². The molecule has 2 N–H and O–H groups in total. The van der Waals surface area contributed by atoms with Crippen molar-refractivity contribution in [3.63, 3.8) is 0 Å². The van der Waals surface area contributed by atoms with E-state index >= 15 is 0 Å². The van der Waals surface area contributed by atoms with Gasteiger partial charge in [0, 0.05) is 17.7 Å². The minimum atomic E-state index is -1.03. The van der Waals surface area contributed by atoms with Gasteiger partial charge in [0.2, 0.25) is 0 Å². The van der Waals surface area contributed by atoms with E-state index in [2.05, 4.69) is 4.98 Å². The predicted octanol–water partition coefficient (Wildman–Crippen LogP) is 5.20. The van der Waals surface area contributed by atoms with Crippen LogP contribution in [0.15, 0.2) is 21.9 Å². The Labute approximate surface area is 203 Å². The number of hydrogen-bond donors (Lipinski definition) is 2. The number of thioether (sulfide) groups is 1. The molecule has 33 heavy (non-hydrogen) atoms. The Bertz CT molecular complexity index is 848. The Morgan fingerprint density at radius 2 is 2.12 bits per heavy atom. The number of cyclic esters (lactones) is 1. The molecule has 2 unspecified atom stereocenters. The standard InChI is InChI=1S/C24H34N2O5S2/c27-20(24(10-4-11-24)12-9-17-5-2-1-3-6-17)8-7-18-15-31-23(30)26(18)13-14-32-22-25-19(16-33-22)21(28)29/h7-8,16-18,20,27H,1-6,9-15H2,(H,28,29). The molecular formula is C24H34N2O5S2. The second kappa shape index (κ2) is 11.2. The molecule has 1 aromatic rings. The summed E-state index contributed by atoms with van der Waals surface area (Å²) in [5.41, 5.74) is 0.0522. The molecular weight excluding hydrogens is 460 g/mol. The number of carboxylic acid groups (broad SMARTS) is 1. The van der Waals surface area contributed by atoms with Crippen LogP contribution in [0.2, 0.25) is 0 Å². The summed E-state index contributed by atoms with van der Waals surface area (Å²) in [5, 5.41) is 21.5. The van der Waals surface area contributed by atoms with E-state index in [-0.39, 0.29) is 23.2 Å². The first-order chi connectivity index (χ1) is 16.0. The Morgan fingerprint density at radius 3 is 2.79 bits per heavy atom. The van der Waals surface area contributed by atoms with E-state index in [1.807, 2.05) is 12.2 Å². The van der Waals surface area contributed by atoms with Crippen LogP contribution in [-0.4, -0.2) is 63.2 Å². The maximum Gasteiger partial charge on any atom is 0.410 e. The zero-order valence-corrected chi connectivity index (χ0v) is 20.6. The summed E-state index contributed by atoms with van der Waals surface area (Å²) in [7, 11) is 0. The van der Waals surface area contributed by atoms with Crippen molar-refractivity contribution in [1.29, 1.82) is 0 Å². The lowest BCUT2D eigenvalue weighted by atomic mass is 9.61. The van der Waals surface area contributed by atoms with Gasteiger partial charge >= 0.3 is 12.1 Å². The number of hydrogen-bond acceptors (Lipinski definition) is 7. The third kappa shape index (κ3) is 6.11. The number of thiazole rings is 1. The highest BCUT2D eigenvalue weighted by atomic mass is 32.2. The van der Waals surface area contributed by atoms with E-state index in [4.69, 9.17) is 9.84 Å². The summed E-state index contributed by atoms with van der Waals surface area (Å²) < 4.78 is 5.93. The Kier molecular flexibility index (Phi) is 8.35. The third-order valence-electron chi connectivity index (χ3n) is 7.54. The average Bonchev–Trinajstić information content (AvgIpc) is 3.40. The zero-order chi connectivity index (χ0) is 23.3. The molecule has 7 nitrogen and oxygen atoms in total. The molecule has 0 aromatic carbocycles. The summed E-state index contributed by atoms with van der Waals surface area (Å²) in [4.78, 5) is 28.9. The highest BCUT2D eigenvalue weighted by Crippen LogP contribution is 2.49. The SMILES string of the molecule is O=C(O)c1csc(SCCN2C(=O)OCC2C=CC(O)C2(CCC3CCCCC3)CCC2)n1. The van der Waals surface area contributed by atoms with Gasteiger partial charge in [-0.3, -0.25) is 4.90 Å². The molecule has 9 heteroatoms. The van der Waals surface area contributed by atoms with E-state index in [0.29, 0.717) is 23.2 Å². The molecule has 1 aromatic heterocycles. The number of carbonyl (C=O) groups excluding carboxylic acids is 1. The molecule has 1 amide bonds. The van der Waals surface area contributed by atoms with Gasteiger partial charge < -0.3 is 14.9 Å². The number of amides is 1. The van der Waals surface area contributed by atoms with Crippen molar-refractivity contribution in [3.8, 4) is 0 Å². The molecule has 0 radical (unpaired) electrons. The molecule has 2 aliphatic carbocycles. The van der Waals surface area contributed by atoms with Crippen LogP contribution in [0.1, 0.15) is 74.7 Å². The first-order valence-electron chi connectivity index (χ1n) is 12.1. The summed E-state index contributed by atoms with van der Waals surface area (Å²) in [6.45, 7) is 0.769. The van der Waals surface area contributed by atoms with E-state index < -0.39 is 12.1 Å². The minimum absolute atomic E-state index is 0.00475. The number of aromatic nitrogens is 1. The minimum Gasteiger partial charge on any atom is -0.476 e. The van der Waals surface area contributed by atoms with Crippen molar-refractivity contribution in [1.82, 2.24) is 9.88 Å². The third-order valence-corrected chi connectivity index (χ3v) is 9.54. The van der Waals surface area contributed by atoms with Gasteiger partial charge in [0.05, 0.1) is 12.1 Å². The number of ether oxygens (including phenoxy) is 1. The number of carboxylic acids is 1. The number of aromatic carboxylic acids is 1. The fraction of sp³-hybridized carbons (Fsp3) is 0.708. The fourth-order valence-corrected chi connectivity index (χ4v) is 7.07. The van der Waals surface area contributed by atoms with E-state index in [1.54, 1.807) is 4.90 Å². The second-order valence-corrected chi connectivity index (χ2v) is 11.8. The van der Waals surface area contributed by atoms with Crippen LogP contribution in [0.4, 0.5) is 4.79 Å². The number of aliphatic hydroxyl groups excluding tert-OH is 1. The van der Waals surface area contributed by atoms with Crippen molar-refractivity contribution in [2.75, 3.05) is 18.9 Å². The van der Waals surface area contributed by atoms with Gasteiger partial charge in [0.1, 0.15) is 6.61 Å². The molecule has 182 valence electrons. The first kappa shape index (κ1) is 24.5. The van der Waals surface area contributed by atoms with Gasteiger partial charge in [-0.05, 0) is 37.0 Å². The van der Waals surface area contributed by atoms with Gasteiger partial charge in [0.15, 0.2) is 10.0 Å². The quantitative estimate of drug-likeness (QED) is 0.322. The Balaban J connectivity index is 1.28. The van der Waals surface area contributed by atoms with Crippen LogP contribution >= 0.6 is 23.1 Å². The molecule has 0 spiro atoms. The first-order valence-corrected chi connectivity index (χ1v) is 13.9. The lowest BCUT2D eigenvalue weighted by Crippen LogP contribution is -2.41. The molecule has 3 aliphatic rings. The molecule has 2 saturated carbocycles. The molecule has 3 fully saturated rings. The molecule has 1 saturated heterocycles. The van der Waals surface area contributed by atoms with Crippen LogP contribution in [0.25, 0.3) is 0 Å². The largest absolute Gasteiger partial charge is 0.476 e. The predicted molar refractivity (Wildman–Crippen MR) is 129 cm³/mol. The summed E-state index contributed by atoms with van der Waals surface area (Å²) in [6, 6.07) is -0.186. The lowest BCUT2D eigenvalue weighted by Gasteiger charge is -2.46. The monoisotopic (exact) mass is 494 g/mol. The molecule has 0 bridgehead atoms. The topological polar surface area (TPSA) is 100.0 Å². The van der Waals surface area contributed by atoms with E-state index in [9.17, 15) is 14.7 Å². The van der Waals surface area contributed by atoms with Gasteiger partial charge in [0.25, 0.3) is 0 Å². The number of nitrogens with zero attached hydrogens (tertiary/aromatic N) is 2. The van der Waals surface area contributed by atoms with Gasteiger partial charge in [-0.2, -0.15) is 0 Å². The van der Waals surface area contributed by atoms with Crippen molar-refractivity contribution < 1.29 is 24.5 Å². The van der Waals surface area contributed by atoms with Crippen LogP contribution < -0.4 is 0 Å². The molecule has 4 rings (SSSR count). The van der Waals surface area contributed by atoms with Crippen LogP contribution in [0.3, 0.4) is 0 Å². The summed E-state index contributed by atoms with van der Waals surface area (Å²) >= 11 is 2.72. The van der Waals surface area contributed by atoms with Crippen molar-refractivity contribution in [2.24, 2.45) is 11.3 Å². The Hall–Kier alpha value is -1.58. The van der Waals surface area contributed by atoms with Gasteiger partial charge in [-0.15, -0.1) is 11.3 Å². The summed E-state index contributed by atoms with van der Waals surface area (Å²) in [5.74, 6) is 0.388. The van der Waals surface area contributed by atoms with Crippen LogP contribution in [0.5, 0.6) is 0 Å². The van der Waals surface area contributed by atoms with Crippen LogP contribution in [-0.2, 0) is 4.74 Å². The molecule has 1 aliphatic heterocycles. The van der Waals surface area contributed by atoms with Crippen molar-refractivity contribution in [3.05, 3.63) is 23.2 Å². The maximum atomic E-state index is 12.2. The van der Waals surface area contributed by atoms with Gasteiger partial charge in [-0.1, -0.05) is 62.4 Å². The zero-order valence-electron chi connectivity index (χ0n) is 19.0. The number of aliphatic hydroxyl groups is 1. The van der Waals surface area contributed by atoms with Crippen molar-refractivity contribution >= 4 is 35.2 Å². The normalized spacial score (nSPS) is 24.1. The van der Waals surface area contributed by atoms with Crippen LogP contribution in [0, 0.1) is 11.3 Å². The lowest BCUT2D eigenvalue weighted by molar-refractivity contribution is -0.0183. The Morgan fingerprint density at radius 1 is 1.33 bits per heavy atom. The smallest absolute Gasteiger partial charge is 0.410 e. The fourth-order valence-electron chi connectivity index (χ4n) is 5.26.